The number of hydrogen-bond donors (Lipinski definition) is 1. The van der Waals surface area contributed by atoms with Gasteiger partial charge in [-0.1, -0.05) is 6.07 Å². The van der Waals surface area contributed by atoms with Crippen molar-refractivity contribution in [3.05, 3.63) is 70.0 Å². The van der Waals surface area contributed by atoms with Crippen molar-refractivity contribution in [2.75, 3.05) is 26.7 Å². The Kier molecular flexibility index (Phi) is 7.41. The first kappa shape index (κ1) is 25.8. The Morgan fingerprint density at radius 3 is 2.26 bits per heavy atom. The third-order valence-electron chi connectivity index (χ3n) is 5.36. The molecule has 34 heavy (non-hydrogen) atoms. The molecule has 2 aromatic rings. The van der Waals surface area contributed by atoms with Gasteiger partial charge in [0.15, 0.2) is 0 Å². The van der Waals surface area contributed by atoms with E-state index >= 15 is 0 Å². The summed E-state index contributed by atoms with van der Waals surface area (Å²) in [6.45, 7) is 2.21. The molecule has 1 unspecified atom stereocenters. The van der Waals surface area contributed by atoms with Crippen LogP contribution in [0.1, 0.15) is 33.9 Å². The number of nitrogens with one attached hydrogen (secondary N) is 1. The van der Waals surface area contributed by atoms with Crippen molar-refractivity contribution in [2.45, 2.75) is 31.9 Å². The fraction of sp³-hybridized carbons (Fsp3) is 0.409. The molecule has 0 aromatic heterocycles. The number of benzene rings is 2. The zero-order valence-corrected chi connectivity index (χ0v) is 18.2. The van der Waals surface area contributed by atoms with E-state index in [9.17, 15) is 35.5 Å². The number of piperazine rings is 1. The monoisotopic (exact) mass is 493 g/mol. The van der Waals surface area contributed by atoms with Gasteiger partial charge in [-0.05, 0) is 53.9 Å². The number of carbonyl (C=O) groups excluding carboxylic acids is 1. The number of alkyl halides is 6. The van der Waals surface area contributed by atoms with E-state index < -0.39 is 48.0 Å². The highest BCUT2D eigenvalue weighted by molar-refractivity contribution is 5.68. The van der Waals surface area contributed by atoms with Gasteiger partial charge in [0, 0.05) is 26.7 Å². The Labute approximate surface area is 191 Å². The molecule has 2 aromatic carbocycles. The molecule has 1 heterocycles. The van der Waals surface area contributed by atoms with E-state index in [0.717, 1.165) is 5.06 Å². The van der Waals surface area contributed by atoms with Crippen molar-refractivity contribution >= 4 is 6.09 Å². The Morgan fingerprint density at radius 2 is 1.71 bits per heavy atom. The Balaban J connectivity index is 1.77. The predicted molar refractivity (Wildman–Crippen MR) is 108 cm³/mol. The Bertz CT molecular complexity index is 1010. The first-order valence-corrected chi connectivity index (χ1v) is 10.2. The minimum Gasteiger partial charge on any atom is -0.351 e. The van der Waals surface area contributed by atoms with E-state index in [-0.39, 0.29) is 18.2 Å². The number of halogens is 7. The number of rotatable bonds is 4. The molecule has 1 atom stereocenters. The van der Waals surface area contributed by atoms with Crippen molar-refractivity contribution in [1.82, 2.24) is 15.3 Å². The molecule has 0 bridgehead atoms. The highest BCUT2D eigenvalue weighted by atomic mass is 19.4. The molecule has 0 radical (unpaired) electrons. The molecule has 1 aliphatic rings. The maximum Gasteiger partial charge on any atom is 0.429 e. The summed E-state index contributed by atoms with van der Waals surface area (Å²) in [4.78, 5) is 19.4. The van der Waals surface area contributed by atoms with Crippen LogP contribution < -0.4 is 5.32 Å². The van der Waals surface area contributed by atoms with Crippen molar-refractivity contribution < 1.29 is 40.4 Å². The molecule has 1 aliphatic heterocycles. The van der Waals surface area contributed by atoms with Crippen LogP contribution in [0.4, 0.5) is 35.5 Å². The normalized spacial score (nSPS) is 17.2. The highest BCUT2D eigenvalue weighted by Crippen LogP contribution is 2.36. The van der Waals surface area contributed by atoms with Crippen molar-refractivity contribution in [3.8, 4) is 0 Å². The molecule has 1 saturated heterocycles. The molecule has 1 amide bonds. The van der Waals surface area contributed by atoms with E-state index in [1.165, 1.54) is 24.1 Å². The zero-order valence-electron chi connectivity index (χ0n) is 18.2. The lowest BCUT2D eigenvalue weighted by atomic mass is 9.98. The van der Waals surface area contributed by atoms with Crippen LogP contribution in [0.3, 0.4) is 0 Å². The second kappa shape index (κ2) is 9.79. The molecular formula is C22H22F7N3O2. The topological polar surface area (TPSA) is 44.8 Å². The molecular weight excluding hydrogens is 471 g/mol. The van der Waals surface area contributed by atoms with Crippen LogP contribution in [0.2, 0.25) is 0 Å². The molecule has 0 spiro atoms. The third-order valence-corrected chi connectivity index (χ3v) is 5.36. The molecule has 0 aliphatic carbocycles. The van der Waals surface area contributed by atoms with E-state index in [1.807, 2.05) is 0 Å². The maximum absolute atomic E-state index is 13.5. The average molecular weight is 493 g/mol. The number of nitrogens with zero attached hydrogens (tertiary/aromatic N) is 2. The second-order valence-electron chi connectivity index (χ2n) is 7.97. The summed E-state index contributed by atoms with van der Waals surface area (Å²) in [5.41, 5.74) is -1.94. The van der Waals surface area contributed by atoms with Crippen LogP contribution in [-0.2, 0) is 23.7 Å². The SMILES string of the molecule is Cc1cc(F)ccc1C1CNCCN1C(=O)ON(C)Cc1cc(C(F)(F)F)cc(C(F)(F)F)c1. The highest BCUT2D eigenvalue weighted by Gasteiger charge is 2.37. The minimum atomic E-state index is -4.98. The molecule has 12 heteroatoms. The Morgan fingerprint density at radius 1 is 1.09 bits per heavy atom. The van der Waals surface area contributed by atoms with Gasteiger partial charge in [0.25, 0.3) is 0 Å². The first-order chi connectivity index (χ1) is 15.8. The lowest BCUT2D eigenvalue weighted by molar-refractivity contribution is -0.143. The predicted octanol–water partition coefficient (Wildman–Crippen LogP) is 5.30. The van der Waals surface area contributed by atoms with Crippen LogP contribution in [0.25, 0.3) is 0 Å². The van der Waals surface area contributed by atoms with Gasteiger partial charge in [-0.15, -0.1) is 5.06 Å². The number of hydrogen-bond acceptors (Lipinski definition) is 4. The average Bonchev–Trinajstić information content (AvgIpc) is 2.72. The smallest absolute Gasteiger partial charge is 0.351 e. The molecule has 1 N–H and O–H groups in total. The second-order valence-corrected chi connectivity index (χ2v) is 7.97. The number of carbonyl (C=O) groups is 1. The van der Waals surface area contributed by atoms with Crippen molar-refractivity contribution in [2.24, 2.45) is 0 Å². The van der Waals surface area contributed by atoms with Crippen LogP contribution in [0.15, 0.2) is 36.4 Å². The molecule has 0 saturated carbocycles. The summed E-state index contributed by atoms with van der Waals surface area (Å²) >= 11 is 0. The van der Waals surface area contributed by atoms with Crippen molar-refractivity contribution in [3.63, 3.8) is 0 Å². The van der Waals surface area contributed by atoms with Crippen LogP contribution in [-0.4, -0.2) is 42.7 Å². The standard InChI is InChI=1S/C22H22F7N3O2/c1-13-7-17(23)3-4-18(13)19-11-30-5-6-32(19)20(33)34-31(2)12-14-8-15(21(24,25)26)10-16(9-14)22(27,28)29/h3-4,7-10,19,30H,5-6,11-12H2,1-2H3. The summed E-state index contributed by atoms with van der Waals surface area (Å²) in [5.74, 6) is -0.432. The fourth-order valence-corrected chi connectivity index (χ4v) is 3.80. The first-order valence-electron chi connectivity index (χ1n) is 10.2. The van der Waals surface area contributed by atoms with E-state index in [0.29, 0.717) is 36.3 Å². The molecule has 5 nitrogen and oxygen atoms in total. The van der Waals surface area contributed by atoms with E-state index in [4.69, 9.17) is 4.84 Å². The summed E-state index contributed by atoms with van der Waals surface area (Å²) in [6.07, 6.45) is -10.8. The zero-order chi connectivity index (χ0) is 25.3. The molecule has 186 valence electrons. The number of amides is 1. The minimum absolute atomic E-state index is 0.0336. The lowest BCUT2D eigenvalue weighted by Crippen LogP contribution is -2.50. The summed E-state index contributed by atoms with van der Waals surface area (Å²) < 4.78 is 92.0. The van der Waals surface area contributed by atoms with Gasteiger partial charge in [-0.3, -0.25) is 4.90 Å². The van der Waals surface area contributed by atoms with Crippen LogP contribution in [0.5, 0.6) is 0 Å². The van der Waals surface area contributed by atoms with Gasteiger partial charge in [0.05, 0.1) is 23.7 Å². The summed E-state index contributed by atoms with van der Waals surface area (Å²) in [6, 6.07) is 4.83. The van der Waals surface area contributed by atoms with Gasteiger partial charge < -0.3 is 10.2 Å². The summed E-state index contributed by atoms with van der Waals surface area (Å²) in [5, 5.41) is 3.99. The van der Waals surface area contributed by atoms with Gasteiger partial charge >= 0.3 is 18.4 Å². The van der Waals surface area contributed by atoms with Gasteiger partial charge in [-0.2, -0.15) is 26.3 Å². The maximum atomic E-state index is 13.5. The van der Waals surface area contributed by atoms with Crippen LogP contribution >= 0.6 is 0 Å². The number of hydroxylamine groups is 2. The largest absolute Gasteiger partial charge is 0.429 e. The fourth-order valence-electron chi connectivity index (χ4n) is 3.80. The van der Waals surface area contributed by atoms with Gasteiger partial charge in [0.2, 0.25) is 0 Å². The molecule has 3 rings (SSSR count). The van der Waals surface area contributed by atoms with Gasteiger partial charge in [-0.25, -0.2) is 9.18 Å². The summed E-state index contributed by atoms with van der Waals surface area (Å²) in [7, 11) is 1.23. The van der Waals surface area contributed by atoms with Crippen molar-refractivity contribution in [1.29, 1.82) is 0 Å². The van der Waals surface area contributed by atoms with Gasteiger partial charge in [0.1, 0.15) is 5.82 Å². The molecule has 1 fully saturated rings. The quantitative estimate of drug-likeness (QED) is 0.464. The Hall–Kier alpha value is -2.86. The van der Waals surface area contributed by atoms with E-state index in [1.54, 1.807) is 13.0 Å². The third kappa shape index (κ3) is 6.17. The number of aryl methyl sites for hydroxylation is 1. The lowest BCUT2D eigenvalue weighted by Gasteiger charge is -2.37. The van der Waals surface area contributed by atoms with Crippen LogP contribution in [0, 0.1) is 12.7 Å². The van der Waals surface area contributed by atoms with E-state index in [2.05, 4.69) is 5.32 Å².